The molecule has 0 saturated heterocycles. The number of benzene rings is 2. The van der Waals surface area contributed by atoms with Gasteiger partial charge in [0.1, 0.15) is 17.3 Å². The number of methoxy groups -OCH3 is 1. The number of hydrogen-bond acceptors (Lipinski definition) is 3. The second-order valence-corrected chi connectivity index (χ2v) is 6.25. The summed E-state index contributed by atoms with van der Waals surface area (Å²) in [7, 11) is 1.60. The summed E-state index contributed by atoms with van der Waals surface area (Å²) in [5.74, 6) is 0.476. The van der Waals surface area contributed by atoms with Gasteiger partial charge in [0, 0.05) is 5.56 Å². The lowest BCUT2D eigenvalue weighted by Crippen LogP contribution is -2.31. The van der Waals surface area contributed by atoms with Crippen LogP contribution in [0, 0.1) is 12.7 Å². The Hall–Kier alpha value is -2.08. The van der Waals surface area contributed by atoms with Crippen LogP contribution in [0.25, 0.3) is 0 Å². The van der Waals surface area contributed by atoms with Crippen molar-refractivity contribution in [3.8, 4) is 11.5 Å². The van der Waals surface area contributed by atoms with E-state index in [9.17, 15) is 9.18 Å². The van der Waals surface area contributed by atoms with Crippen molar-refractivity contribution >= 4 is 21.8 Å². The zero-order valence-electron chi connectivity index (χ0n) is 13.7. The lowest BCUT2D eigenvalue weighted by molar-refractivity contribution is -0.123. The number of carbonyl (C=O) groups is 1. The molecule has 2 aromatic rings. The molecular formula is C18H19BrFNO3. The van der Waals surface area contributed by atoms with E-state index in [1.807, 2.05) is 32.0 Å². The van der Waals surface area contributed by atoms with Crippen LogP contribution in [0.15, 0.2) is 40.9 Å². The van der Waals surface area contributed by atoms with Crippen molar-refractivity contribution in [3.05, 3.63) is 57.8 Å². The SMILES string of the molecule is COc1ccc(C)cc1[C@H](C)NC(=O)COc1ccc(F)cc1Br. The second kappa shape index (κ2) is 8.15. The minimum absolute atomic E-state index is 0.164. The summed E-state index contributed by atoms with van der Waals surface area (Å²) < 4.78 is 24.2. The van der Waals surface area contributed by atoms with Gasteiger partial charge in [-0.1, -0.05) is 17.7 Å². The topological polar surface area (TPSA) is 47.6 Å². The lowest BCUT2D eigenvalue weighted by atomic mass is 10.0. The zero-order valence-corrected chi connectivity index (χ0v) is 15.3. The fraction of sp³-hybridized carbons (Fsp3) is 0.278. The van der Waals surface area contributed by atoms with Crippen molar-refractivity contribution in [1.82, 2.24) is 5.32 Å². The largest absolute Gasteiger partial charge is 0.496 e. The van der Waals surface area contributed by atoms with Gasteiger partial charge in [0.15, 0.2) is 6.61 Å². The molecule has 128 valence electrons. The molecule has 0 aromatic heterocycles. The second-order valence-electron chi connectivity index (χ2n) is 5.40. The van der Waals surface area contributed by atoms with Crippen LogP contribution in [0.3, 0.4) is 0 Å². The Labute approximate surface area is 149 Å². The molecule has 0 aliphatic carbocycles. The fourth-order valence-electron chi connectivity index (χ4n) is 2.29. The molecule has 0 unspecified atom stereocenters. The smallest absolute Gasteiger partial charge is 0.258 e. The number of rotatable bonds is 6. The van der Waals surface area contributed by atoms with Gasteiger partial charge < -0.3 is 14.8 Å². The average Bonchev–Trinajstić information content (AvgIpc) is 2.54. The van der Waals surface area contributed by atoms with Crippen molar-refractivity contribution in [3.63, 3.8) is 0 Å². The summed E-state index contributed by atoms with van der Waals surface area (Å²) in [4.78, 5) is 12.1. The monoisotopic (exact) mass is 395 g/mol. The van der Waals surface area contributed by atoms with E-state index >= 15 is 0 Å². The molecule has 0 spiro atoms. The van der Waals surface area contributed by atoms with Crippen molar-refractivity contribution < 1.29 is 18.7 Å². The van der Waals surface area contributed by atoms with E-state index in [0.717, 1.165) is 16.9 Å². The summed E-state index contributed by atoms with van der Waals surface area (Å²) >= 11 is 3.20. The van der Waals surface area contributed by atoms with Crippen LogP contribution in [-0.2, 0) is 4.79 Å². The zero-order chi connectivity index (χ0) is 17.7. The highest BCUT2D eigenvalue weighted by Gasteiger charge is 2.15. The van der Waals surface area contributed by atoms with E-state index in [0.29, 0.717) is 10.2 Å². The van der Waals surface area contributed by atoms with Crippen LogP contribution in [0.1, 0.15) is 24.1 Å². The first kappa shape index (κ1) is 18.3. The van der Waals surface area contributed by atoms with E-state index in [4.69, 9.17) is 9.47 Å². The van der Waals surface area contributed by atoms with Gasteiger partial charge in [-0.05, 0) is 54.0 Å². The molecule has 6 heteroatoms. The molecular weight excluding hydrogens is 377 g/mol. The molecule has 0 radical (unpaired) electrons. The van der Waals surface area contributed by atoms with E-state index < -0.39 is 0 Å². The quantitative estimate of drug-likeness (QED) is 0.798. The fourth-order valence-corrected chi connectivity index (χ4v) is 2.75. The molecule has 1 amide bonds. The minimum atomic E-state index is -0.376. The molecule has 0 bridgehead atoms. The van der Waals surface area contributed by atoms with Gasteiger partial charge in [-0.3, -0.25) is 4.79 Å². The number of ether oxygens (including phenoxy) is 2. The standard InChI is InChI=1S/C18H19BrFNO3/c1-11-4-6-16(23-3)14(8-11)12(2)21-18(22)10-24-17-7-5-13(20)9-15(17)19/h4-9,12H,10H2,1-3H3,(H,21,22)/t12-/m0/s1. The third-order valence-electron chi connectivity index (χ3n) is 3.48. The van der Waals surface area contributed by atoms with Crippen molar-refractivity contribution in [2.45, 2.75) is 19.9 Å². The average molecular weight is 396 g/mol. The Kier molecular flexibility index (Phi) is 6.20. The first-order valence-corrected chi connectivity index (χ1v) is 8.21. The van der Waals surface area contributed by atoms with Gasteiger partial charge in [0.25, 0.3) is 5.91 Å². The maximum Gasteiger partial charge on any atom is 0.258 e. The van der Waals surface area contributed by atoms with E-state index in [1.165, 1.54) is 18.2 Å². The number of carbonyl (C=O) groups excluding carboxylic acids is 1. The predicted molar refractivity (Wildman–Crippen MR) is 93.9 cm³/mol. The van der Waals surface area contributed by atoms with Gasteiger partial charge in [-0.25, -0.2) is 4.39 Å². The molecule has 2 rings (SSSR count). The maximum absolute atomic E-state index is 13.0. The molecule has 4 nitrogen and oxygen atoms in total. The Morgan fingerprint density at radius 1 is 1.25 bits per heavy atom. The number of aryl methyl sites for hydroxylation is 1. The van der Waals surface area contributed by atoms with Gasteiger partial charge in [-0.15, -0.1) is 0 Å². The van der Waals surface area contributed by atoms with E-state index in [1.54, 1.807) is 7.11 Å². The number of nitrogens with one attached hydrogen (secondary N) is 1. The summed E-state index contributed by atoms with van der Waals surface area (Å²) in [5.41, 5.74) is 1.98. The van der Waals surface area contributed by atoms with Crippen LogP contribution >= 0.6 is 15.9 Å². The summed E-state index contributed by atoms with van der Waals surface area (Å²) in [5, 5.41) is 2.87. The number of hydrogen-bond donors (Lipinski definition) is 1. The Bertz CT molecular complexity index is 736. The number of halogens is 2. The van der Waals surface area contributed by atoms with E-state index in [2.05, 4.69) is 21.2 Å². The molecule has 0 saturated carbocycles. The molecule has 0 aliphatic heterocycles. The Balaban J connectivity index is 1.98. The third kappa shape index (κ3) is 4.71. The van der Waals surface area contributed by atoms with Gasteiger partial charge in [0.2, 0.25) is 0 Å². The molecule has 2 aromatic carbocycles. The predicted octanol–water partition coefficient (Wildman–Crippen LogP) is 4.16. The van der Waals surface area contributed by atoms with Crippen molar-refractivity contribution in [1.29, 1.82) is 0 Å². The summed E-state index contributed by atoms with van der Waals surface area (Å²) in [6.07, 6.45) is 0. The molecule has 1 N–H and O–H groups in total. The van der Waals surface area contributed by atoms with E-state index in [-0.39, 0.29) is 24.4 Å². The van der Waals surface area contributed by atoms with Crippen molar-refractivity contribution in [2.24, 2.45) is 0 Å². The Morgan fingerprint density at radius 2 is 1.96 bits per heavy atom. The Morgan fingerprint density at radius 3 is 2.62 bits per heavy atom. The van der Waals surface area contributed by atoms with Crippen LogP contribution in [-0.4, -0.2) is 19.6 Å². The molecule has 24 heavy (non-hydrogen) atoms. The van der Waals surface area contributed by atoms with Crippen LogP contribution in [0.5, 0.6) is 11.5 Å². The molecule has 0 heterocycles. The maximum atomic E-state index is 13.0. The minimum Gasteiger partial charge on any atom is -0.496 e. The molecule has 1 atom stereocenters. The normalized spacial score (nSPS) is 11.7. The van der Waals surface area contributed by atoms with Gasteiger partial charge in [0.05, 0.1) is 17.6 Å². The van der Waals surface area contributed by atoms with Gasteiger partial charge >= 0.3 is 0 Å². The molecule has 0 aliphatic rings. The third-order valence-corrected chi connectivity index (χ3v) is 4.10. The highest BCUT2D eigenvalue weighted by molar-refractivity contribution is 9.10. The first-order chi connectivity index (χ1) is 11.4. The van der Waals surface area contributed by atoms with Crippen LogP contribution in [0.2, 0.25) is 0 Å². The van der Waals surface area contributed by atoms with Gasteiger partial charge in [-0.2, -0.15) is 0 Å². The van der Waals surface area contributed by atoms with Crippen LogP contribution < -0.4 is 14.8 Å². The summed E-state index contributed by atoms with van der Waals surface area (Å²) in [6, 6.07) is 9.60. The highest BCUT2D eigenvalue weighted by atomic mass is 79.9. The lowest BCUT2D eigenvalue weighted by Gasteiger charge is -2.18. The number of amides is 1. The highest BCUT2D eigenvalue weighted by Crippen LogP contribution is 2.27. The van der Waals surface area contributed by atoms with Crippen molar-refractivity contribution in [2.75, 3.05) is 13.7 Å². The summed E-state index contributed by atoms with van der Waals surface area (Å²) in [6.45, 7) is 3.69. The molecule has 0 fully saturated rings. The first-order valence-electron chi connectivity index (χ1n) is 7.42. The van der Waals surface area contributed by atoms with Crippen LogP contribution in [0.4, 0.5) is 4.39 Å².